The molecule has 1 heterocycles. The molecule has 0 amide bonds. The number of ether oxygens (including phenoxy) is 1. The lowest BCUT2D eigenvalue weighted by molar-refractivity contribution is -0.159. The van der Waals surface area contributed by atoms with Crippen LogP contribution in [-0.2, 0) is 4.74 Å². The number of nitrogens with zero attached hydrogens (tertiary/aromatic N) is 2. The molecular formula is C20H30F3N3O3. The molecule has 2 rings (SSSR count). The first kappa shape index (κ1) is 23.3. The van der Waals surface area contributed by atoms with Gasteiger partial charge in [-0.1, -0.05) is 0 Å². The molecule has 1 atom stereocenters. The Labute approximate surface area is 169 Å². The highest BCUT2D eigenvalue weighted by molar-refractivity contribution is 5.95. The van der Waals surface area contributed by atoms with Gasteiger partial charge in [-0.3, -0.25) is 0 Å². The van der Waals surface area contributed by atoms with Gasteiger partial charge < -0.3 is 25.0 Å². The summed E-state index contributed by atoms with van der Waals surface area (Å²) >= 11 is 0. The summed E-state index contributed by atoms with van der Waals surface area (Å²) in [7, 11) is 5.78. The number of aromatic carboxylic acids is 1. The monoisotopic (exact) mass is 417 g/mol. The molecule has 0 spiro atoms. The van der Waals surface area contributed by atoms with Gasteiger partial charge in [-0.15, -0.1) is 0 Å². The SMILES string of the molecule is CN(C)CCCN(C)c1ccc(C(=O)O)c(NC(C2CCOCC2)C(F)(F)F)c1. The molecule has 1 saturated heterocycles. The van der Waals surface area contributed by atoms with E-state index in [1.165, 1.54) is 12.1 Å². The Kier molecular flexibility index (Phi) is 8.15. The van der Waals surface area contributed by atoms with Gasteiger partial charge in [-0.2, -0.15) is 13.2 Å². The molecule has 6 nitrogen and oxygen atoms in total. The van der Waals surface area contributed by atoms with Crippen LogP contribution in [0.2, 0.25) is 0 Å². The molecule has 0 aromatic heterocycles. The zero-order valence-electron chi connectivity index (χ0n) is 17.1. The molecular weight excluding hydrogens is 387 g/mol. The zero-order chi connectivity index (χ0) is 21.6. The maximum absolute atomic E-state index is 13.8. The molecule has 1 aromatic carbocycles. The van der Waals surface area contributed by atoms with Gasteiger partial charge in [-0.25, -0.2) is 4.79 Å². The van der Waals surface area contributed by atoms with E-state index in [2.05, 4.69) is 10.2 Å². The summed E-state index contributed by atoms with van der Waals surface area (Å²) in [5.74, 6) is -1.92. The van der Waals surface area contributed by atoms with Crippen molar-refractivity contribution in [1.82, 2.24) is 4.90 Å². The zero-order valence-corrected chi connectivity index (χ0v) is 17.1. The van der Waals surface area contributed by atoms with E-state index in [0.717, 1.165) is 13.0 Å². The van der Waals surface area contributed by atoms with E-state index in [-0.39, 0.29) is 37.3 Å². The first-order chi connectivity index (χ1) is 13.6. The lowest BCUT2D eigenvalue weighted by atomic mass is 9.90. The summed E-state index contributed by atoms with van der Waals surface area (Å²) in [6.07, 6.45) is -3.06. The number of hydrogen-bond acceptors (Lipinski definition) is 5. The van der Waals surface area contributed by atoms with E-state index in [9.17, 15) is 23.1 Å². The van der Waals surface area contributed by atoms with Gasteiger partial charge in [0.25, 0.3) is 0 Å². The predicted octanol–water partition coefficient (Wildman–Crippen LogP) is 3.54. The highest BCUT2D eigenvalue weighted by Gasteiger charge is 2.45. The molecule has 0 radical (unpaired) electrons. The van der Waals surface area contributed by atoms with Crippen LogP contribution in [0.3, 0.4) is 0 Å². The second-order valence-electron chi connectivity index (χ2n) is 7.73. The Hall–Kier alpha value is -2.00. The number of alkyl halides is 3. The Balaban J connectivity index is 2.26. The average molecular weight is 417 g/mol. The summed E-state index contributed by atoms with van der Waals surface area (Å²) in [5, 5.41) is 12.0. The van der Waals surface area contributed by atoms with Crippen molar-refractivity contribution in [2.24, 2.45) is 5.92 Å². The van der Waals surface area contributed by atoms with Crippen LogP contribution in [0.5, 0.6) is 0 Å². The van der Waals surface area contributed by atoms with Gasteiger partial charge in [0.15, 0.2) is 0 Å². The van der Waals surface area contributed by atoms with Crippen molar-refractivity contribution in [2.45, 2.75) is 31.5 Å². The van der Waals surface area contributed by atoms with Gasteiger partial charge in [-0.05, 0) is 64.0 Å². The molecule has 1 aliphatic rings. The molecule has 1 fully saturated rings. The average Bonchev–Trinajstić information content (AvgIpc) is 2.65. The fourth-order valence-electron chi connectivity index (χ4n) is 3.51. The van der Waals surface area contributed by atoms with Crippen molar-refractivity contribution in [3.63, 3.8) is 0 Å². The number of carboxylic acid groups (broad SMARTS) is 1. The second-order valence-corrected chi connectivity index (χ2v) is 7.73. The van der Waals surface area contributed by atoms with Crippen molar-refractivity contribution in [1.29, 1.82) is 0 Å². The van der Waals surface area contributed by atoms with Gasteiger partial charge in [0.1, 0.15) is 6.04 Å². The van der Waals surface area contributed by atoms with E-state index in [4.69, 9.17) is 4.74 Å². The van der Waals surface area contributed by atoms with E-state index >= 15 is 0 Å². The van der Waals surface area contributed by atoms with Crippen molar-refractivity contribution >= 4 is 17.3 Å². The first-order valence-electron chi connectivity index (χ1n) is 9.73. The lowest BCUT2D eigenvalue weighted by Gasteiger charge is -2.33. The molecule has 1 aliphatic heterocycles. The number of anilines is 2. The molecule has 0 aliphatic carbocycles. The van der Waals surface area contributed by atoms with Crippen molar-refractivity contribution in [3.05, 3.63) is 23.8 Å². The van der Waals surface area contributed by atoms with Gasteiger partial charge >= 0.3 is 12.1 Å². The molecule has 1 unspecified atom stereocenters. The van der Waals surface area contributed by atoms with Gasteiger partial charge in [0, 0.05) is 32.5 Å². The van der Waals surface area contributed by atoms with Crippen LogP contribution >= 0.6 is 0 Å². The summed E-state index contributed by atoms with van der Waals surface area (Å²) in [4.78, 5) is 15.6. The van der Waals surface area contributed by atoms with Crippen molar-refractivity contribution in [2.75, 3.05) is 57.7 Å². The second kappa shape index (κ2) is 10.2. The van der Waals surface area contributed by atoms with E-state index in [0.29, 0.717) is 12.2 Å². The fraction of sp³-hybridized carbons (Fsp3) is 0.650. The number of rotatable bonds is 9. The Morgan fingerprint density at radius 2 is 1.90 bits per heavy atom. The Bertz CT molecular complexity index is 677. The standard InChI is InChI=1S/C20H30F3N3O3/c1-25(2)9-4-10-26(3)15-5-6-16(19(27)28)17(13-15)24-18(20(21,22)23)14-7-11-29-12-8-14/h5-6,13-14,18,24H,4,7-12H2,1-3H3,(H,27,28). The van der Waals surface area contributed by atoms with Crippen LogP contribution in [0.4, 0.5) is 24.5 Å². The number of carbonyl (C=O) groups is 1. The largest absolute Gasteiger partial charge is 0.478 e. The minimum atomic E-state index is -4.49. The minimum absolute atomic E-state index is 0.0109. The summed E-state index contributed by atoms with van der Waals surface area (Å²) < 4.78 is 46.5. The maximum Gasteiger partial charge on any atom is 0.408 e. The quantitative estimate of drug-likeness (QED) is 0.641. The first-order valence-corrected chi connectivity index (χ1v) is 9.73. The molecule has 164 valence electrons. The van der Waals surface area contributed by atoms with Crippen LogP contribution in [0.25, 0.3) is 0 Å². The third-order valence-corrected chi connectivity index (χ3v) is 5.17. The lowest BCUT2D eigenvalue weighted by Crippen LogP contribution is -2.45. The molecule has 2 N–H and O–H groups in total. The highest BCUT2D eigenvalue weighted by atomic mass is 19.4. The smallest absolute Gasteiger partial charge is 0.408 e. The topological polar surface area (TPSA) is 65.0 Å². The molecule has 0 saturated carbocycles. The van der Waals surface area contributed by atoms with Crippen LogP contribution in [0.1, 0.15) is 29.6 Å². The fourth-order valence-corrected chi connectivity index (χ4v) is 3.51. The summed E-state index contributed by atoms with van der Waals surface area (Å²) in [6.45, 7) is 2.13. The molecule has 29 heavy (non-hydrogen) atoms. The Morgan fingerprint density at radius 3 is 2.45 bits per heavy atom. The van der Waals surface area contributed by atoms with Crippen molar-refractivity contribution < 1.29 is 27.8 Å². The number of carboxylic acids is 1. The van der Waals surface area contributed by atoms with E-state index < -0.39 is 24.1 Å². The van der Waals surface area contributed by atoms with E-state index in [1.807, 2.05) is 26.0 Å². The molecule has 1 aromatic rings. The van der Waals surface area contributed by atoms with Gasteiger partial charge in [0.2, 0.25) is 0 Å². The Morgan fingerprint density at radius 1 is 1.24 bits per heavy atom. The number of benzene rings is 1. The third kappa shape index (κ3) is 6.78. The molecule has 9 heteroatoms. The van der Waals surface area contributed by atoms with Crippen LogP contribution in [0, 0.1) is 5.92 Å². The normalized spacial score (nSPS) is 16.7. The number of halogens is 3. The van der Waals surface area contributed by atoms with Crippen LogP contribution in [-0.4, -0.2) is 75.6 Å². The van der Waals surface area contributed by atoms with Gasteiger partial charge in [0.05, 0.1) is 11.3 Å². The third-order valence-electron chi connectivity index (χ3n) is 5.17. The van der Waals surface area contributed by atoms with Crippen LogP contribution in [0.15, 0.2) is 18.2 Å². The summed E-state index contributed by atoms with van der Waals surface area (Å²) in [6, 6.07) is 2.66. The number of hydrogen-bond donors (Lipinski definition) is 2. The van der Waals surface area contributed by atoms with E-state index in [1.54, 1.807) is 6.07 Å². The number of nitrogens with one attached hydrogen (secondary N) is 1. The maximum atomic E-state index is 13.8. The minimum Gasteiger partial charge on any atom is -0.478 e. The summed E-state index contributed by atoms with van der Waals surface area (Å²) in [5.41, 5.74) is 0.490. The van der Waals surface area contributed by atoms with Crippen LogP contribution < -0.4 is 10.2 Å². The highest BCUT2D eigenvalue weighted by Crippen LogP contribution is 2.35. The predicted molar refractivity (Wildman–Crippen MR) is 107 cm³/mol. The van der Waals surface area contributed by atoms with Crippen molar-refractivity contribution in [3.8, 4) is 0 Å². The molecule has 0 bridgehead atoms.